The number of hydrogen-bond donors (Lipinski definition) is 2. The average molecular weight is 467 g/mol. The summed E-state index contributed by atoms with van der Waals surface area (Å²) in [6.07, 6.45) is 7.08. The van der Waals surface area contributed by atoms with Gasteiger partial charge in [0.2, 0.25) is 0 Å². The Morgan fingerprint density at radius 1 is 0.906 bits per heavy atom. The van der Waals surface area contributed by atoms with Gasteiger partial charge in [-0.25, -0.2) is 0 Å². The molecule has 2 N–H and O–H groups in total. The fourth-order valence-electron chi connectivity index (χ4n) is 9.15. The summed E-state index contributed by atoms with van der Waals surface area (Å²) in [6.45, 7) is 13.3. The SMILES string of the molecule is CC(C)[C@@H](C)[C@H](O)[C@@H](O)[C@H](C)[C@H]1CC[C@H]2[C@@H]3CC(=O)[C@H]4C[C@@H](Cl)CC[C@]4(C)[C@H]3CC[C@]12C. The van der Waals surface area contributed by atoms with E-state index >= 15 is 0 Å². The molecule has 184 valence electrons. The van der Waals surface area contributed by atoms with Crippen molar-refractivity contribution in [3.05, 3.63) is 0 Å². The predicted octanol–water partition coefficient (Wildman–Crippen LogP) is 6.08. The Morgan fingerprint density at radius 3 is 2.19 bits per heavy atom. The summed E-state index contributed by atoms with van der Waals surface area (Å²) < 4.78 is 0. The van der Waals surface area contributed by atoms with Crippen LogP contribution in [0.3, 0.4) is 0 Å². The van der Waals surface area contributed by atoms with Crippen LogP contribution in [0, 0.1) is 58.2 Å². The van der Waals surface area contributed by atoms with Crippen molar-refractivity contribution in [1.29, 1.82) is 0 Å². The number of carbonyl (C=O) groups is 1. The Balaban J connectivity index is 1.54. The molecule has 0 bridgehead atoms. The predicted molar refractivity (Wildman–Crippen MR) is 130 cm³/mol. The summed E-state index contributed by atoms with van der Waals surface area (Å²) in [7, 11) is 0. The molecule has 4 rings (SSSR count). The quantitative estimate of drug-likeness (QED) is 0.482. The fourth-order valence-corrected chi connectivity index (χ4v) is 9.44. The molecule has 0 amide bonds. The summed E-state index contributed by atoms with van der Waals surface area (Å²) in [5, 5.41) is 22.2. The number of carbonyl (C=O) groups excluding carboxylic acids is 1. The number of Topliss-reactive ketones (excluding diaryl/α,β-unsaturated/α-hetero) is 1. The zero-order valence-corrected chi connectivity index (χ0v) is 21.9. The molecule has 0 aliphatic heterocycles. The van der Waals surface area contributed by atoms with E-state index < -0.39 is 12.2 Å². The van der Waals surface area contributed by atoms with Gasteiger partial charge in [-0.2, -0.15) is 0 Å². The van der Waals surface area contributed by atoms with E-state index in [4.69, 9.17) is 11.6 Å². The number of hydrogen-bond acceptors (Lipinski definition) is 3. The molecule has 12 atom stereocenters. The Bertz CT molecular complexity index is 709. The lowest BCUT2D eigenvalue weighted by molar-refractivity contribution is -0.156. The average Bonchev–Trinajstić information content (AvgIpc) is 3.10. The van der Waals surface area contributed by atoms with Crippen LogP contribution < -0.4 is 0 Å². The molecule has 0 radical (unpaired) electrons. The highest BCUT2D eigenvalue weighted by atomic mass is 35.5. The van der Waals surface area contributed by atoms with Crippen LogP contribution in [0.2, 0.25) is 0 Å². The molecular formula is C28H47ClO3. The van der Waals surface area contributed by atoms with E-state index in [0.29, 0.717) is 35.4 Å². The number of aliphatic hydroxyl groups excluding tert-OH is 2. The minimum Gasteiger partial charge on any atom is -0.390 e. The van der Waals surface area contributed by atoms with Crippen molar-refractivity contribution in [2.75, 3.05) is 0 Å². The first-order valence-corrected chi connectivity index (χ1v) is 13.9. The first-order chi connectivity index (χ1) is 14.9. The Labute approximate surface area is 201 Å². The highest BCUT2D eigenvalue weighted by molar-refractivity contribution is 6.20. The van der Waals surface area contributed by atoms with E-state index in [0.717, 1.165) is 32.1 Å². The normalized spacial score (nSPS) is 47.9. The van der Waals surface area contributed by atoms with Gasteiger partial charge in [-0.05, 0) is 97.2 Å². The van der Waals surface area contributed by atoms with Crippen LogP contribution in [-0.2, 0) is 4.79 Å². The third-order valence-electron chi connectivity index (χ3n) is 11.6. The standard InChI is InChI=1S/C28H47ClO3/c1-15(2)16(3)25(31)26(32)17(4)20-7-8-21-19-14-24(30)23-13-18(29)9-11-28(23,6)22(19)10-12-27(20,21)5/h15-23,25-26,31-32H,7-14H2,1-6H3/t16-,17-,18+,19+,20-,21+,22+,23-,25+,26+,27-,28-/m1/s1. The van der Waals surface area contributed by atoms with Crippen molar-refractivity contribution in [2.45, 2.75) is 110 Å². The number of rotatable bonds is 5. The van der Waals surface area contributed by atoms with Crippen LogP contribution in [-0.4, -0.2) is 33.6 Å². The van der Waals surface area contributed by atoms with Crippen LogP contribution >= 0.6 is 11.6 Å². The molecule has 4 aliphatic rings. The molecular weight excluding hydrogens is 420 g/mol. The topological polar surface area (TPSA) is 57.5 Å². The molecule has 32 heavy (non-hydrogen) atoms. The monoisotopic (exact) mass is 466 g/mol. The largest absolute Gasteiger partial charge is 0.390 e. The number of fused-ring (bicyclic) bond motifs is 5. The third kappa shape index (κ3) is 3.81. The number of aliphatic hydroxyl groups is 2. The number of ketones is 1. The number of halogens is 1. The zero-order chi connectivity index (χ0) is 23.6. The third-order valence-corrected chi connectivity index (χ3v) is 12.0. The van der Waals surface area contributed by atoms with Crippen molar-refractivity contribution in [2.24, 2.45) is 58.2 Å². The molecule has 3 nitrogen and oxygen atoms in total. The first-order valence-electron chi connectivity index (χ1n) is 13.4. The molecule has 4 fully saturated rings. The van der Waals surface area contributed by atoms with Gasteiger partial charge in [-0.15, -0.1) is 11.6 Å². The summed E-state index contributed by atoms with van der Waals surface area (Å²) in [5.41, 5.74) is 0.286. The van der Waals surface area contributed by atoms with Gasteiger partial charge in [0.25, 0.3) is 0 Å². The molecule has 4 heteroatoms. The fraction of sp³-hybridized carbons (Fsp3) is 0.964. The van der Waals surface area contributed by atoms with Crippen LogP contribution in [0.15, 0.2) is 0 Å². The second-order valence-corrected chi connectivity index (χ2v) is 13.8. The van der Waals surface area contributed by atoms with Crippen LogP contribution in [0.5, 0.6) is 0 Å². The molecule has 4 aliphatic carbocycles. The van der Waals surface area contributed by atoms with Crippen LogP contribution in [0.4, 0.5) is 0 Å². The van der Waals surface area contributed by atoms with Crippen molar-refractivity contribution in [1.82, 2.24) is 0 Å². The van der Waals surface area contributed by atoms with E-state index in [1.807, 2.05) is 0 Å². The van der Waals surface area contributed by atoms with Gasteiger partial charge in [-0.1, -0.05) is 41.5 Å². The maximum Gasteiger partial charge on any atom is 0.136 e. The lowest BCUT2D eigenvalue weighted by atomic mass is 9.44. The van der Waals surface area contributed by atoms with Crippen molar-refractivity contribution in [3.63, 3.8) is 0 Å². The maximum atomic E-state index is 13.3. The minimum absolute atomic E-state index is 0.0760. The maximum absolute atomic E-state index is 13.3. The molecule has 0 spiro atoms. The smallest absolute Gasteiger partial charge is 0.136 e. The zero-order valence-electron chi connectivity index (χ0n) is 21.2. The van der Waals surface area contributed by atoms with Gasteiger partial charge in [0, 0.05) is 17.7 Å². The molecule has 0 aromatic heterocycles. The number of alkyl halides is 1. The highest BCUT2D eigenvalue weighted by Crippen LogP contribution is 2.68. The summed E-state index contributed by atoms with van der Waals surface area (Å²) in [5.74, 6) is 3.24. The van der Waals surface area contributed by atoms with Gasteiger partial charge in [-0.3, -0.25) is 4.79 Å². The summed E-state index contributed by atoms with van der Waals surface area (Å²) in [6, 6.07) is 0. The van der Waals surface area contributed by atoms with E-state index in [9.17, 15) is 15.0 Å². The second kappa shape index (κ2) is 8.83. The Kier molecular flexibility index (Phi) is 6.89. The van der Waals surface area contributed by atoms with Gasteiger partial charge in [0.05, 0.1) is 12.2 Å². The Hall–Kier alpha value is -0.120. The molecule has 0 heterocycles. The van der Waals surface area contributed by atoms with E-state index in [1.165, 1.54) is 19.3 Å². The molecule has 0 aromatic carbocycles. The van der Waals surface area contributed by atoms with Crippen molar-refractivity contribution < 1.29 is 15.0 Å². The van der Waals surface area contributed by atoms with E-state index in [-0.39, 0.29) is 34.0 Å². The van der Waals surface area contributed by atoms with Gasteiger partial charge in [0.15, 0.2) is 0 Å². The first kappa shape index (κ1) is 25.0. The second-order valence-electron chi connectivity index (χ2n) is 13.1. The summed E-state index contributed by atoms with van der Waals surface area (Å²) in [4.78, 5) is 13.3. The lowest BCUT2D eigenvalue weighted by Crippen LogP contribution is -2.57. The van der Waals surface area contributed by atoms with Crippen LogP contribution in [0.25, 0.3) is 0 Å². The molecule has 0 unspecified atom stereocenters. The summed E-state index contributed by atoms with van der Waals surface area (Å²) >= 11 is 6.50. The van der Waals surface area contributed by atoms with Crippen molar-refractivity contribution >= 4 is 17.4 Å². The van der Waals surface area contributed by atoms with Gasteiger partial charge >= 0.3 is 0 Å². The molecule has 4 saturated carbocycles. The highest BCUT2D eigenvalue weighted by Gasteiger charge is 2.62. The van der Waals surface area contributed by atoms with Crippen molar-refractivity contribution in [3.8, 4) is 0 Å². The van der Waals surface area contributed by atoms with Gasteiger partial charge in [0.1, 0.15) is 5.78 Å². The molecule has 0 saturated heterocycles. The van der Waals surface area contributed by atoms with Crippen LogP contribution in [0.1, 0.15) is 92.9 Å². The molecule has 0 aromatic rings. The Morgan fingerprint density at radius 2 is 1.53 bits per heavy atom. The van der Waals surface area contributed by atoms with E-state index in [1.54, 1.807) is 0 Å². The lowest BCUT2D eigenvalue weighted by Gasteiger charge is -2.60. The van der Waals surface area contributed by atoms with E-state index in [2.05, 4.69) is 41.5 Å². The minimum atomic E-state index is -0.681. The van der Waals surface area contributed by atoms with Gasteiger partial charge < -0.3 is 10.2 Å².